The summed E-state index contributed by atoms with van der Waals surface area (Å²) in [5, 5.41) is 3.30. The van der Waals surface area contributed by atoms with Crippen molar-refractivity contribution in [3.8, 4) is 0 Å². The number of nitrogens with zero attached hydrogens (tertiary/aromatic N) is 1. The molecule has 0 unspecified atom stereocenters. The summed E-state index contributed by atoms with van der Waals surface area (Å²) in [6.07, 6.45) is 0. The van der Waals surface area contributed by atoms with Gasteiger partial charge in [-0.3, -0.25) is 4.79 Å². The number of nitrogens with two attached hydrogens (primary N) is 1. The summed E-state index contributed by atoms with van der Waals surface area (Å²) in [4.78, 5) is 13.5. The van der Waals surface area contributed by atoms with Crippen molar-refractivity contribution in [1.82, 2.24) is 5.32 Å². The molecule has 0 radical (unpaired) electrons. The second-order valence-corrected chi connectivity index (χ2v) is 5.17. The van der Waals surface area contributed by atoms with E-state index in [1.807, 2.05) is 0 Å². The minimum atomic E-state index is -0.598. The van der Waals surface area contributed by atoms with E-state index >= 15 is 0 Å². The van der Waals surface area contributed by atoms with Crippen LogP contribution in [0.15, 0.2) is 18.2 Å². The van der Waals surface area contributed by atoms with Crippen LogP contribution in [0.3, 0.4) is 0 Å². The number of piperazine rings is 1. The quantitative estimate of drug-likeness (QED) is 0.828. The molecule has 4 nitrogen and oxygen atoms in total. The molecule has 2 rings (SSSR count). The smallest absolute Gasteiger partial charge is 0.250 e. The number of amides is 1. The molecule has 1 heterocycles. The van der Waals surface area contributed by atoms with Gasteiger partial charge in [-0.2, -0.15) is 0 Å². The van der Waals surface area contributed by atoms with Crippen molar-refractivity contribution in [2.45, 2.75) is 19.4 Å². The molecule has 0 aliphatic carbocycles. The Kier molecular flexibility index (Phi) is 3.26. The first-order chi connectivity index (χ1) is 8.42. The van der Waals surface area contributed by atoms with Gasteiger partial charge in [-0.1, -0.05) is 0 Å². The van der Waals surface area contributed by atoms with E-state index in [-0.39, 0.29) is 11.1 Å². The van der Waals surface area contributed by atoms with Crippen molar-refractivity contribution < 1.29 is 9.18 Å². The molecule has 0 saturated carbocycles. The maximum absolute atomic E-state index is 13.2. The van der Waals surface area contributed by atoms with Gasteiger partial charge in [-0.05, 0) is 32.0 Å². The van der Waals surface area contributed by atoms with Gasteiger partial charge in [0, 0.05) is 25.2 Å². The lowest BCUT2D eigenvalue weighted by Crippen LogP contribution is -2.58. The van der Waals surface area contributed by atoms with Gasteiger partial charge < -0.3 is 16.0 Å². The second-order valence-electron chi connectivity index (χ2n) is 5.17. The molecule has 0 atom stereocenters. The van der Waals surface area contributed by atoms with E-state index in [9.17, 15) is 9.18 Å². The molecule has 18 heavy (non-hydrogen) atoms. The Labute approximate surface area is 106 Å². The Hall–Kier alpha value is -1.62. The standard InChI is InChI=1S/C13H18FN3O/c1-13(2)8-16-5-6-17(13)11-4-3-9(14)7-10(11)12(15)18/h3-4,7,16H,5-6,8H2,1-2H3,(H2,15,18). The van der Waals surface area contributed by atoms with Crippen molar-refractivity contribution in [1.29, 1.82) is 0 Å². The van der Waals surface area contributed by atoms with Crippen LogP contribution in [0.2, 0.25) is 0 Å². The molecular weight excluding hydrogens is 233 g/mol. The predicted molar refractivity (Wildman–Crippen MR) is 69.2 cm³/mol. The van der Waals surface area contributed by atoms with Crippen molar-refractivity contribution in [3.05, 3.63) is 29.6 Å². The van der Waals surface area contributed by atoms with Crippen molar-refractivity contribution in [2.75, 3.05) is 24.5 Å². The van der Waals surface area contributed by atoms with Crippen LogP contribution in [0.1, 0.15) is 24.2 Å². The highest BCUT2D eigenvalue weighted by Crippen LogP contribution is 2.29. The van der Waals surface area contributed by atoms with Gasteiger partial charge in [-0.25, -0.2) is 4.39 Å². The Morgan fingerprint density at radius 2 is 2.22 bits per heavy atom. The maximum Gasteiger partial charge on any atom is 0.250 e. The third kappa shape index (κ3) is 2.31. The second kappa shape index (κ2) is 4.57. The average Bonchev–Trinajstić information content (AvgIpc) is 2.29. The van der Waals surface area contributed by atoms with E-state index in [0.29, 0.717) is 5.69 Å². The zero-order valence-corrected chi connectivity index (χ0v) is 10.7. The SMILES string of the molecule is CC1(C)CNCCN1c1ccc(F)cc1C(N)=O. The molecule has 1 saturated heterocycles. The number of primary amides is 1. The maximum atomic E-state index is 13.2. The zero-order valence-electron chi connectivity index (χ0n) is 10.7. The highest BCUT2D eigenvalue weighted by molar-refractivity contribution is 5.98. The molecule has 98 valence electrons. The summed E-state index contributed by atoms with van der Waals surface area (Å²) < 4.78 is 13.2. The molecule has 1 fully saturated rings. The number of carbonyl (C=O) groups excluding carboxylic acids is 1. The molecule has 0 bridgehead atoms. The van der Waals surface area contributed by atoms with Crippen LogP contribution >= 0.6 is 0 Å². The van der Waals surface area contributed by atoms with Gasteiger partial charge >= 0.3 is 0 Å². The van der Waals surface area contributed by atoms with Crippen LogP contribution in [0.4, 0.5) is 10.1 Å². The van der Waals surface area contributed by atoms with Crippen molar-refractivity contribution >= 4 is 11.6 Å². The molecule has 0 spiro atoms. The number of halogens is 1. The third-order valence-corrected chi connectivity index (χ3v) is 3.32. The number of hydrogen-bond donors (Lipinski definition) is 2. The van der Waals surface area contributed by atoms with Crippen molar-refractivity contribution in [3.63, 3.8) is 0 Å². The molecule has 5 heteroatoms. The van der Waals surface area contributed by atoms with E-state index in [0.717, 1.165) is 19.6 Å². The van der Waals surface area contributed by atoms with Gasteiger partial charge in [0.1, 0.15) is 5.82 Å². The van der Waals surface area contributed by atoms with E-state index in [1.54, 1.807) is 6.07 Å². The van der Waals surface area contributed by atoms with Crippen LogP contribution in [0.5, 0.6) is 0 Å². The summed E-state index contributed by atoms with van der Waals surface area (Å²) in [7, 11) is 0. The van der Waals surface area contributed by atoms with Crippen molar-refractivity contribution in [2.24, 2.45) is 5.73 Å². The number of anilines is 1. The van der Waals surface area contributed by atoms with Gasteiger partial charge in [0.05, 0.1) is 11.3 Å². The Bertz CT molecular complexity index is 473. The summed E-state index contributed by atoms with van der Waals surface area (Å²) in [6.45, 7) is 6.56. The van der Waals surface area contributed by atoms with E-state index in [1.165, 1.54) is 12.1 Å². The number of hydrogen-bond acceptors (Lipinski definition) is 3. The number of nitrogens with one attached hydrogen (secondary N) is 1. The number of rotatable bonds is 2. The lowest BCUT2D eigenvalue weighted by atomic mass is 9.97. The molecule has 3 N–H and O–H groups in total. The fraction of sp³-hybridized carbons (Fsp3) is 0.462. The van der Waals surface area contributed by atoms with Gasteiger partial charge in [0.2, 0.25) is 0 Å². The highest BCUT2D eigenvalue weighted by atomic mass is 19.1. The highest BCUT2D eigenvalue weighted by Gasteiger charge is 2.31. The number of carbonyl (C=O) groups is 1. The fourth-order valence-electron chi connectivity index (χ4n) is 2.37. The van der Waals surface area contributed by atoms with Gasteiger partial charge in [0.25, 0.3) is 5.91 Å². The van der Waals surface area contributed by atoms with Crippen LogP contribution in [-0.4, -0.2) is 31.1 Å². The Morgan fingerprint density at radius 3 is 2.83 bits per heavy atom. The monoisotopic (exact) mass is 251 g/mol. The number of benzene rings is 1. The topological polar surface area (TPSA) is 58.4 Å². The van der Waals surface area contributed by atoms with E-state index < -0.39 is 11.7 Å². The fourth-order valence-corrected chi connectivity index (χ4v) is 2.37. The lowest BCUT2D eigenvalue weighted by Gasteiger charge is -2.45. The molecule has 1 amide bonds. The normalized spacial score (nSPS) is 18.7. The summed E-state index contributed by atoms with van der Waals surface area (Å²) >= 11 is 0. The molecule has 1 aromatic rings. The van der Waals surface area contributed by atoms with Crippen LogP contribution in [-0.2, 0) is 0 Å². The predicted octanol–water partition coefficient (Wildman–Crippen LogP) is 1.11. The van der Waals surface area contributed by atoms with Crippen LogP contribution in [0, 0.1) is 5.82 Å². The van der Waals surface area contributed by atoms with Crippen LogP contribution < -0.4 is 16.0 Å². The summed E-state index contributed by atoms with van der Waals surface area (Å²) in [5.74, 6) is -1.04. The first-order valence-corrected chi connectivity index (χ1v) is 5.99. The zero-order chi connectivity index (χ0) is 13.3. The summed E-state index contributed by atoms with van der Waals surface area (Å²) in [5.41, 5.74) is 6.14. The molecule has 1 aliphatic heterocycles. The lowest BCUT2D eigenvalue weighted by molar-refractivity contribution is 0.1000. The molecule has 1 aromatic carbocycles. The van der Waals surface area contributed by atoms with Gasteiger partial charge in [0.15, 0.2) is 0 Å². The first-order valence-electron chi connectivity index (χ1n) is 5.99. The average molecular weight is 251 g/mol. The summed E-state index contributed by atoms with van der Waals surface area (Å²) in [6, 6.07) is 4.19. The Morgan fingerprint density at radius 1 is 1.50 bits per heavy atom. The van der Waals surface area contributed by atoms with Crippen LogP contribution in [0.25, 0.3) is 0 Å². The van der Waals surface area contributed by atoms with E-state index in [2.05, 4.69) is 24.1 Å². The first kappa shape index (κ1) is 12.8. The molecular formula is C13H18FN3O. The largest absolute Gasteiger partial charge is 0.366 e. The minimum Gasteiger partial charge on any atom is -0.366 e. The minimum absolute atomic E-state index is 0.139. The van der Waals surface area contributed by atoms with E-state index in [4.69, 9.17) is 5.73 Å². The molecule has 1 aliphatic rings. The van der Waals surface area contributed by atoms with Gasteiger partial charge in [-0.15, -0.1) is 0 Å². The molecule has 0 aromatic heterocycles. The third-order valence-electron chi connectivity index (χ3n) is 3.32. The Balaban J connectivity index is 2.46.